The van der Waals surface area contributed by atoms with Gasteiger partial charge in [-0.15, -0.1) is 5.10 Å². The number of hydrogen-bond acceptors (Lipinski definition) is 5. The largest absolute Gasteiger partial charge is 0.436 e. The third-order valence-electron chi connectivity index (χ3n) is 4.68. The first-order chi connectivity index (χ1) is 15.7. The second-order valence-electron chi connectivity index (χ2n) is 7.10. The minimum absolute atomic E-state index is 0.0305. The molecule has 0 aliphatic carbocycles. The highest BCUT2D eigenvalue weighted by Gasteiger charge is 2.17. The van der Waals surface area contributed by atoms with Gasteiger partial charge in [-0.25, -0.2) is 8.78 Å². The Bertz CT molecular complexity index is 1530. The summed E-state index contributed by atoms with van der Waals surface area (Å²) in [7, 11) is -4.05. The summed E-state index contributed by atoms with van der Waals surface area (Å²) in [6.45, 7) is 1.82. The molecule has 0 aliphatic rings. The number of rotatable bonds is 5. The van der Waals surface area contributed by atoms with Crippen molar-refractivity contribution in [2.45, 2.75) is 11.8 Å². The molecular formula is C23H17F2N3O4S. The lowest BCUT2D eigenvalue weighted by Crippen LogP contribution is -2.27. The number of benzene rings is 3. The number of sulfonamides is 1. The van der Waals surface area contributed by atoms with Crippen molar-refractivity contribution in [3.63, 3.8) is 0 Å². The number of hydrogen-bond donors (Lipinski definition) is 2. The van der Waals surface area contributed by atoms with Crippen molar-refractivity contribution < 1.29 is 26.4 Å². The zero-order valence-electron chi connectivity index (χ0n) is 17.2. The molecular weight excluding hydrogens is 452 g/mol. The molecule has 0 spiro atoms. The molecule has 0 aliphatic heterocycles. The smallest absolute Gasteiger partial charge is 0.276 e. The highest BCUT2D eigenvalue weighted by atomic mass is 32.2. The van der Waals surface area contributed by atoms with Crippen LogP contribution in [0.1, 0.15) is 15.9 Å². The normalized spacial score (nSPS) is 12.0. The predicted octanol–water partition coefficient (Wildman–Crippen LogP) is 4.07. The minimum atomic E-state index is -4.05. The van der Waals surface area contributed by atoms with Gasteiger partial charge in [0.1, 0.15) is 22.8 Å². The molecule has 10 heteroatoms. The highest BCUT2D eigenvalue weighted by molar-refractivity contribution is 7.89. The SMILES string of the molecule is Cc1ccc(S(=O)(=O)N/N=c2/oc3ccccc3cc2C(=O)Nc2ccc(F)cc2F)cc1. The van der Waals surface area contributed by atoms with Crippen molar-refractivity contribution in [2.24, 2.45) is 5.10 Å². The number of aryl methyl sites for hydroxylation is 1. The first-order valence-corrected chi connectivity index (χ1v) is 11.1. The van der Waals surface area contributed by atoms with E-state index in [0.29, 0.717) is 17.0 Å². The van der Waals surface area contributed by atoms with Crippen LogP contribution in [0.4, 0.5) is 14.5 Å². The number of anilines is 1. The third kappa shape index (κ3) is 4.90. The molecule has 33 heavy (non-hydrogen) atoms. The quantitative estimate of drug-likeness (QED) is 0.431. The minimum Gasteiger partial charge on any atom is -0.436 e. The molecule has 1 heterocycles. The summed E-state index contributed by atoms with van der Waals surface area (Å²) in [5.74, 6) is -2.60. The van der Waals surface area contributed by atoms with E-state index in [1.165, 1.54) is 18.2 Å². The van der Waals surface area contributed by atoms with Gasteiger partial charge >= 0.3 is 0 Å². The van der Waals surface area contributed by atoms with Crippen molar-refractivity contribution in [1.29, 1.82) is 0 Å². The summed E-state index contributed by atoms with van der Waals surface area (Å²) in [5.41, 5.74) is 0.451. The van der Waals surface area contributed by atoms with Gasteiger partial charge in [0, 0.05) is 11.5 Å². The van der Waals surface area contributed by atoms with Gasteiger partial charge in [-0.05, 0) is 43.3 Å². The Labute approximate surface area is 187 Å². The van der Waals surface area contributed by atoms with E-state index in [9.17, 15) is 22.0 Å². The Morgan fingerprint density at radius 1 is 0.970 bits per heavy atom. The van der Waals surface area contributed by atoms with E-state index >= 15 is 0 Å². The lowest BCUT2D eigenvalue weighted by molar-refractivity contribution is 0.102. The molecule has 0 unspecified atom stereocenters. The van der Waals surface area contributed by atoms with Crippen LogP contribution in [0.15, 0.2) is 87.2 Å². The van der Waals surface area contributed by atoms with E-state index < -0.39 is 27.6 Å². The second kappa shape index (κ2) is 8.83. The van der Waals surface area contributed by atoms with Crippen LogP contribution < -0.4 is 15.7 Å². The van der Waals surface area contributed by atoms with Crippen LogP contribution in [0.3, 0.4) is 0 Å². The van der Waals surface area contributed by atoms with E-state index in [-0.39, 0.29) is 21.7 Å². The molecule has 7 nitrogen and oxygen atoms in total. The maximum Gasteiger partial charge on any atom is 0.276 e. The lowest BCUT2D eigenvalue weighted by atomic mass is 10.1. The summed E-state index contributed by atoms with van der Waals surface area (Å²) < 4.78 is 58.0. The van der Waals surface area contributed by atoms with Gasteiger partial charge in [0.2, 0.25) is 5.55 Å². The van der Waals surface area contributed by atoms with Gasteiger partial charge in [-0.2, -0.15) is 13.2 Å². The number of carbonyl (C=O) groups is 1. The molecule has 0 fully saturated rings. The van der Waals surface area contributed by atoms with Gasteiger partial charge in [0.05, 0.1) is 10.6 Å². The average molecular weight is 469 g/mol. The highest BCUT2D eigenvalue weighted by Crippen LogP contribution is 2.18. The molecule has 168 valence electrons. The van der Waals surface area contributed by atoms with E-state index in [4.69, 9.17) is 4.42 Å². The molecule has 0 atom stereocenters. The predicted molar refractivity (Wildman–Crippen MR) is 118 cm³/mol. The topological polar surface area (TPSA) is 101 Å². The number of para-hydroxylation sites is 1. The second-order valence-corrected chi connectivity index (χ2v) is 8.76. The Morgan fingerprint density at radius 3 is 2.42 bits per heavy atom. The molecule has 0 radical (unpaired) electrons. The van der Waals surface area contributed by atoms with Crippen LogP contribution in [0.25, 0.3) is 11.0 Å². The van der Waals surface area contributed by atoms with Crippen molar-refractivity contribution >= 4 is 32.6 Å². The molecule has 4 rings (SSSR count). The molecule has 0 bridgehead atoms. The fraction of sp³-hybridized carbons (Fsp3) is 0.0435. The van der Waals surface area contributed by atoms with Crippen molar-refractivity contribution in [2.75, 3.05) is 5.32 Å². The molecule has 1 amide bonds. The standard InChI is InChI=1S/C23H17F2N3O4S/c1-14-6-9-17(10-7-14)33(30,31)28-27-23-18(12-15-4-2-3-5-21(15)32-23)22(29)26-20-11-8-16(24)13-19(20)25/h2-13,28H,1H3,(H,26,29)/b27-23+. The monoisotopic (exact) mass is 469 g/mol. The van der Waals surface area contributed by atoms with Crippen molar-refractivity contribution in [3.05, 3.63) is 101 Å². The van der Waals surface area contributed by atoms with Gasteiger partial charge in [0.15, 0.2) is 0 Å². The number of nitrogens with zero attached hydrogens (tertiary/aromatic N) is 1. The lowest BCUT2D eigenvalue weighted by Gasteiger charge is -2.08. The van der Waals surface area contributed by atoms with Crippen LogP contribution in [0.2, 0.25) is 0 Å². The van der Waals surface area contributed by atoms with Crippen molar-refractivity contribution in [3.8, 4) is 0 Å². The summed E-state index contributed by atoms with van der Waals surface area (Å²) in [5, 5.41) is 6.65. The fourth-order valence-electron chi connectivity index (χ4n) is 2.97. The Morgan fingerprint density at radius 2 is 1.70 bits per heavy atom. The van der Waals surface area contributed by atoms with E-state index in [1.54, 1.807) is 36.4 Å². The van der Waals surface area contributed by atoms with Crippen LogP contribution >= 0.6 is 0 Å². The number of amides is 1. The molecule has 1 aromatic heterocycles. The van der Waals surface area contributed by atoms with Crippen LogP contribution in [0, 0.1) is 18.6 Å². The zero-order valence-corrected chi connectivity index (χ0v) is 18.0. The van der Waals surface area contributed by atoms with Gasteiger partial charge < -0.3 is 9.73 Å². The molecule has 0 saturated carbocycles. The summed E-state index contributed by atoms with van der Waals surface area (Å²) in [4.78, 5) is 14.9. The first kappa shape index (κ1) is 22.2. The molecule has 3 aromatic carbocycles. The Hall–Kier alpha value is -4.05. The third-order valence-corrected chi connectivity index (χ3v) is 5.90. The van der Waals surface area contributed by atoms with E-state index in [0.717, 1.165) is 17.7 Å². The Kier molecular flexibility index (Phi) is 5.93. The van der Waals surface area contributed by atoms with Crippen LogP contribution in [0.5, 0.6) is 0 Å². The maximum absolute atomic E-state index is 14.0. The number of fused-ring (bicyclic) bond motifs is 1. The number of halogens is 2. The van der Waals surface area contributed by atoms with Crippen LogP contribution in [-0.4, -0.2) is 14.3 Å². The molecule has 0 saturated heterocycles. The maximum atomic E-state index is 14.0. The first-order valence-electron chi connectivity index (χ1n) is 9.64. The van der Waals surface area contributed by atoms with E-state index in [2.05, 4.69) is 15.2 Å². The van der Waals surface area contributed by atoms with Crippen LogP contribution in [-0.2, 0) is 10.0 Å². The average Bonchev–Trinajstić information content (AvgIpc) is 2.79. The fourth-order valence-corrected chi connectivity index (χ4v) is 3.77. The summed E-state index contributed by atoms with van der Waals surface area (Å²) in [6, 6.07) is 16.9. The van der Waals surface area contributed by atoms with E-state index in [1.807, 2.05) is 6.92 Å². The van der Waals surface area contributed by atoms with Gasteiger partial charge in [-0.1, -0.05) is 35.9 Å². The molecule has 2 N–H and O–H groups in total. The van der Waals surface area contributed by atoms with Gasteiger partial charge in [0.25, 0.3) is 15.9 Å². The van der Waals surface area contributed by atoms with Gasteiger partial charge in [-0.3, -0.25) is 4.79 Å². The number of nitrogens with one attached hydrogen (secondary N) is 2. The summed E-state index contributed by atoms with van der Waals surface area (Å²) in [6.07, 6.45) is 0. The Balaban J connectivity index is 1.75. The van der Waals surface area contributed by atoms with Crippen molar-refractivity contribution in [1.82, 2.24) is 4.83 Å². The summed E-state index contributed by atoms with van der Waals surface area (Å²) >= 11 is 0. The zero-order chi connectivity index (χ0) is 23.6. The number of carbonyl (C=O) groups excluding carboxylic acids is 1. The molecule has 4 aromatic rings.